The molecule has 5 rings (SSSR count). The zero-order valence-corrected chi connectivity index (χ0v) is 23.3. The summed E-state index contributed by atoms with van der Waals surface area (Å²) < 4.78 is 11.9. The number of aliphatic hydroxyl groups is 1. The largest absolute Gasteiger partial charge is 0.507 e. The molecule has 2 aliphatic rings. The molecule has 7 nitrogen and oxygen atoms in total. The van der Waals surface area contributed by atoms with Gasteiger partial charge in [0.25, 0.3) is 11.7 Å². The van der Waals surface area contributed by atoms with E-state index in [2.05, 4.69) is 18.7 Å². The number of Topliss-reactive ketones (excluding diaryl/α,β-unsaturated/α-hetero) is 1. The van der Waals surface area contributed by atoms with Gasteiger partial charge in [0.2, 0.25) is 0 Å². The second-order valence-electron chi connectivity index (χ2n) is 10.3. The lowest BCUT2D eigenvalue weighted by atomic mass is 9.94. The predicted octanol–water partition coefficient (Wildman–Crippen LogP) is 5.35. The lowest BCUT2D eigenvalue weighted by molar-refractivity contribution is -0.140. The van der Waals surface area contributed by atoms with E-state index in [0.29, 0.717) is 36.6 Å². The number of carbonyl (C=O) groups is 2. The number of rotatable bonds is 10. The third kappa shape index (κ3) is 5.61. The molecule has 0 spiro atoms. The molecule has 0 bridgehead atoms. The molecule has 0 aliphatic carbocycles. The van der Waals surface area contributed by atoms with Gasteiger partial charge in [-0.3, -0.25) is 9.59 Å². The van der Waals surface area contributed by atoms with Crippen LogP contribution in [-0.4, -0.2) is 58.9 Å². The first-order valence-electron chi connectivity index (χ1n) is 14.0. The molecule has 40 heavy (non-hydrogen) atoms. The van der Waals surface area contributed by atoms with Gasteiger partial charge in [0, 0.05) is 25.1 Å². The standard InChI is InChI=1S/C33H36N2O5/c1-4-34(5-2)16-17-35-30(24-12-9-13-27(20-24)39-21-23-10-7-6-8-11-23)29(32(37)33(35)38)31(36)25-14-15-28-26(19-25)18-22(3)40-28/h6-15,19-20,22,30,36H,4-5,16-18,21H2,1-3H3/b31-29+. The van der Waals surface area contributed by atoms with Crippen molar-refractivity contribution in [2.24, 2.45) is 0 Å². The van der Waals surface area contributed by atoms with Gasteiger partial charge in [0.05, 0.1) is 11.6 Å². The molecule has 3 aromatic carbocycles. The molecule has 2 atom stereocenters. The van der Waals surface area contributed by atoms with E-state index in [9.17, 15) is 14.7 Å². The summed E-state index contributed by atoms with van der Waals surface area (Å²) in [4.78, 5) is 30.7. The molecule has 2 unspecified atom stereocenters. The van der Waals surface area contributed by atoms with Crippen molar-refractivity contribution < 1.29 is 24.2 Å². The van der Waals surface area contributed by atoms with Crippen LogP contribution in [0.5, 0.6) is 11.5 Å². The Hall–Kier alpha value is -4.10. The highest BCUT2D eigenvalue weighted by Gasteiger charge is 2.46. The fraction of sp³-hybridized carbons (Fsp3) is 0.333. The molecule has 2 heterocycles. The number of hydrogen-bond donors (Lipinski definition) is 1. The zero-order chi connectivity index (χ0) is 28.2. The van der Waals surface area contributed by atoms with Crippen molar-refractivity contribution in [2.45, 2.75) is 45.9 Å². The first-order valence-corrected chi connectivity index (χ1v) is 14.0. The van der Waals surface area contributed by atoms with Crippen LogP contribution >= 0.6 is 0 Å². The molecular weight excluding hydrogens is 504 g/mol. The van der Waals surface area contributed by atoms with Crippen LogP contribution in [0.4, 0.5) is 0 Å². The number of benzene rings is 3. The van der Waals surface area contributed by atoms with E-state index >= 15 is 0 Å². The van der Waals surface area contributed by atoms with Gasteiger partial charge in [-0.2, -0.15) is 0 Å². The Morgan fingerprint density at radius 2 is 1.80 bits per heavy atom. The van der Waals surface area contributed by atoms with Crippen molar-refractivity contribution >= 4 is 17.4 Å². The summed E-state index contributed by atoms with van der Waals surface area (Å²) in [6.45, 7) is 9.18. The van der Waals surface area contributed by atoms with E-state index < -0.39 is 17.7 Å². The Morgan fingerprint density at radius 1 is 1.02 bits per heavy atom. The highest BCUT2D eigenvalue weighted by atomic mass is 16.5. The molecule has 7 heteroatoms. The van der Waals surface area contributed by atoms with E-state index in [4.69, 9.17) is 9.47 Å². The maximum absolute atomic E-state index is 13.5. The molecular formula is C33H36N2O5. The number of likely N-dealkylation sites (tertiary alicyclic amines) is 1. The van der Waals surface area contributed by atoms with Crippen molar-refractivity contribution in [1.82, 2.24) is 9.80 Å². The summed E-state index contributed by atoms with van der Waals surface area (Å²) >= 11 is 0. The number of hydrogen-bond acceptors (Lipinski definition) is 6. The third-order valence-electron chi connectivity index (χ3n) is 7.68. The van der Waals surface area contributed by atoms with Gasteiger partial charge in [0.15, 0.2) is 0 Å². The highest BCUT2D eigenvalue weighted by molar-refractivity contribution is 6.46. The molecule has 1 N–H and O–H groups in total. The third-order valence-corrected chi connectivity index (χ3v) is 7.68. The lowest BCUT2D eigenvalue weighted by Crippen LogP contribution is -2.38. The van der Waals surface area contributed by atoms with Crippen LogP contribution in [0.3, 0.4) is 0 Å². The highest BCUT2D eigenvalue weighted by Crippen LogP contribution is 2.41. The molecule has 0 saturated carbocycles. The maximum Gasteiger partial charge on any atom is 0.295 e. The van der Waals surface area contributed by atoms with Gasteiger partial charge in [-0.05, 0) is 67.0 Å². The summed E-state index contributed by atoms with van der Waals surface area (Å²) in [6, 6.07) is 22.0. The number of fused-ring (bicyclic) bond motifs is 1. The minimum absolute atomic E-state index is 0.0525. The fourth-order valence-corrected chi connectivity index (χ4v) is 5.49. The van der Waals surface area contributed by atoms with E-state index in [1.165, 1.54) is 0 Å². The van der Waals surface area contributed by atoms with Crippen molar-refractivity contribution in [3.05, 3.63) is 101 Å². The van der Waals surface area contributed by atoms with Crippen LogP contribution in [0.25, 0.3) is 5.76 Å². The number of ketones is 1. The summed E-state index contributed by atoms with van der Waals surface area (Å²) in [5.41, 5.74) is 3.31. The van der Waals surface area contributed by atoms with Crippen molar-refractivity contribution in [3.63, 3.8) is 0 Å². The molecule has 3 aromatic rings. The first kappa shape index (κ1) is 27.5. The minimum atomic E-state index is -0.737. The summed E-state index contributed by atoms with van der Waals surface area (Å²) in [7, 11) is 0. The van der Waals surface area contributed by atoms with Crippen molar-refractivity contribution in [3.8, 4) is 11.5 Å². The first-order chi connectivity index (χ1) is 19.4. The topological polar surface area (TPSA) is 79.3 Å². The smallest absolute Gasteiger partial charge is 0.295 e. The summed E-state index contributed by atoms with van der Waals surface area (Å²) in [6.07, 6.45) is 0.774. The van der Waals surface area contributed by atoms with Crippen LogP contribution < -0.4 is 9.47 Å². The lowest BCUT2D eigenvalue weighted by Gasteiger charge is -2.28. The van der Waals surface area contributed by atoms with Gasteiger partial charge in [-0.1, -0.05) is 56.3 Å². The molecule has 1 saturated heterocycles. The molecule has 1 fully saturated rings. The second kappa shape index (κ2) is 12.0. The molecule has 1 amide bonds. The molecule has 0 radical (unpaired) electrons. The van der Waals surface area contributed by atoms with Crippen molar-refractivity contribution in [1.29, 1.82) is 0 Å². The van der Waals surface area contributed by atoms with Gasteiger partial charge >= 0.3 is 0 Å². The molecule has 0 aromatic heterocycles. The quantitative estimate of drug-likeness (QED) is 0.212. The number of nitrogens with zero attached hydrogens (tertiary/aromatic N) is 2. The van der Waals surface area contributed by atoms with Crippen LogP contribution in [-0.2, 0) is 22.6 Å². The summed E-state index contributed by atoms with van der Waals surface area (Å²) in [5, 5.41) is 11.5. The number of amides is 1. The van der Waals surface area contributed by atoms with Crippen LogP contribution in [0, 0.1) is 0 Å². The average Bonchev–Trinajstić information content (AvgIpc) is 3.47. The number of likely N-dealkylation sites (N-methyl/N-ethyl adjacent to an activating group) is 1. The Bertz CT molecular complexity index is 1410. The summed E-state index contributed by atoms with van der Waals surface area (Å²) in [5.74, 6) is -0.0512. The second-order valence-corrected chi connectivity index (χ2v) is 10.3. The minimum Gasteiger partial charge on any atom is -0.507 e. The number of ether oxygens (including phenoxy) is 2. The van der Waals surface area contributed by atoms with E-state index in [-0.39, 0.29) is 17.4 Å². The molecule has 208 valence electrons. The predicted molar refractivity (Wildman–Crippen MR) is 154 cm³/mol. The van der Waals surface area contributed by atoms with E-state index in [1.807, 2.05) is 73.7 Å². The average molecular weight is 541 g/mol. The number of aliphatic hydroxyl groups excluding tert-OH is 1. The Morgan fingerprint density at radius 3 is 2.55 bits per heavy atom. The van der Waals surface area contributed by atoms with Crippen LogP contribution in [0.1, 0.15) is 49.1 Å². The monoisotopic (exact) mass is 540 g/mol. The van der Waals surface area contributed by atoms with Crippen molar-refractivity contribution in [2.75, 3.05) is 26.2 Å². The van der Waals surface area contributed by atoms with Gasteiger partial charge < -0.3 is 24.4 Å². The van der Waals surface area contributed by atoms with Gasteiger partial charge in [-0.25, -0.2) is 0 Å². The van der Waals surface area contributed by atoms with E-state index in [0.717, 1.165) is 36.4 Å². The fourth-order valence-electron chi connectivity index (χ4n) is 5.49. The Labute approximate surface area is 235 Å². The van der Waals surface area contributed by atoms with Gasteiger partial charge in [-0.15, -0.1) is 0 Å². The SMILES string of the molecule is CCN(CC)CCN1C(=O)C(=O)/C(=C(/O)c2ccc3c(c2)CC(C)O3)C1c1cccc(OCc2ccccc2)c1. The van der Waals surface area contributed by atoms with Crippen LogP contribution in [0.15, 0.2) is 78.4 Å². The molecule has 2 aliphatic heterocycles. The van der Waals surface area contributed by atoms with Gasteiger partial charge in [0.1, 0.15) is 30.0 Å². The van der Waals surface area contributed by atoms with E-state index in [1.54, 1.807) is 11.0 Å². The Kier molecular flexibility index (Phi) is 8.21. The maximum atomic E-state index is 13.5. The zero-order valence-electron chi connectivity index (χ0n) is 23.3. The number of carbonyl (C=O) groups excluding carboxylic acids is 2. The van der Waals surface area contributed by atoms with Crippen LogP contribution in [0.2, 0.25) is 0 Å². The normalized spacial score (nSPS) is 19.6. The Balaban J connectivity index is 1.53.